The zero-order valence-corrected chi connectivity index (χ0v) is 14.5. The Morgan fingerprint density at radius 1 is 1.12 bits per heavy atom. The van der Waals surface area contributed by atoms with E-state index in [-0.39, 0.29) is 24.8 Å². The summed E-state index contributed by atoms with van der Waals surface area (Å²) in [6.45, 7) is 2.17. The van der Waals surface area contributed by atoms with Crippen LogP contribution in [0.15, 0.2) is 48.1 Å². The monoisotopic (exact) mass is 429 g/mol. The van der Waals surface area contributed by atoms with E-state index in [1.54, 1.807) is 3.33 Å². The molecule has 0 spiro atoms. The molecule has 1 aromatic rings. The van der Waals surface area contributed by atoms with Gasteiger partial charge in [-0.05, 0) is 0 Å². The van der Waals surface area contributed by atoms with Crippen LogP contribution < -0.4 is 24.8 Å². The van der Waals surface area contributed by atoms with Crippen LogP contribution in [0.5, 0.6) is 0 Å². The van der Waals surface area contributed by atoms with Crippen LogP contribution in [0.2, 0.25) is 0 Å². The van der Waals surface area contributed by atoms with Crippen molar-refractivity contribution >= 4 is 3.33 Å². The Labute approximate surface area is 129 Å². The van der Waals surface area contributed by atoms with Gasteiger partial charge >= 0.3 is 105 Å². The average molecular weight is 429 g/mol. The Hall–Kier alpha value is -0.110. The summed E-state index contributed by atoms with van der Waals surface area (Å²) in [6.07, 6.45) is 8.91. The molecule has 3 rings (SSSR count). The van der Waals surface area contributed by atoms with Crippen molar-refractivity contribution in [2.45, 2.75) is 12.8 Å². The van der Waals surface area contributed by atoms with Gasteiger partial charge in [0.25, 0.3) is 0 Å². The van der Waals surface area contributed by atoms with Gasteiger partial charge in [-0.1, -0.05) is 0 Å². The van der Waals surface area contributed by atoms with Crippen molar-refractivity contribution in [3.8, 4) is 0 Å². The van der Waals surface area contributed by atoms with Crippen molar-refractivity contribution in [3.63, 3.8) is 0 Å². The standard InChI is InChI=1S/C14H11.2ClH.Hf/c1-10-6-7-14-12(8-10)9-11-4-2-3-5-13(11)14;;;/h2-8,13H,1H3;2*1H;/q;;;+2/p-2. The minimum Gasteiger partial charge on any atom is -1.00 e. The maximum atomic E-state index is 2.34. The van der Waals surface area contributed by atoms with Gasteiger partial charge in [0.1, 0.15) is 0 Å². The van der Waals surface area contributed by atoms with Gasteiger partial charge in [-0.15, -0.1) is 0 Å². The first-order valence-corrected chi connectivity index (χ1v) is 6.98. The van der Waals surface area contributed by atoms with Crippen LogP contribution in [0.25, 0.3) is 3.33 Å². The summed E-state index contributed by atoms with van der Waals surface area (Å²) in [6, 6.07) is 6.86. The van der Waals surface area contributed by atoms with Crippen molar-refractivity contribution in [1.82, 2.24) is 0 Å². The largest absolute Gasteiger partial charge is 1.00 e. The first-order chi connectivity index (χ1) is 7.27. The third kappa shape index (κ3) is 2.38. The maximum Gasteiger partial charge on any atom is -1.00 e. The Kier molecular flexibility index (Phi) is 5.00. The van der Waals surface area contributed by atoms with Gasteiger partial charge in [0.05, 0.1) is 0 Å². The van der Waals surface area contributed by atoms with Crippen LogP contribution in [0.4, 0.5) is 0 Å². The van der Waals surface area contributed by atoms with Gasteiger partial charge < -0.3 is 24.8 Å². The van der Waals surface area contributed by atoms with E-state index in [2.05, 4.69) is 49.4 Å². The fourth-order valence-corrected chi connectivity index (χ4v) is 4.00. The fraction of sp³-hybridized carbons (Fsp3) is 0.143. The topological polar surface area (TPSA) is 0 Å². The second-order valence-corrected chi connectivity index (χ2v) is 5.94. The molecule has 0 aliphatic heterocycles. The molecule has 17 heavy (non-hydrogen) atoms. The zero-order chi connectivity index (χ0) is 10.4. The van der Waals surface area contributed by atoms with E-state index in [0.29, 0.717) is 5.92 Å². The molecule has 0 saturated heterocycles. The molecule has 0 fully saturated rings. The summed E-state index contributed by atoms with van der Waals surface area (Å²) in [7, 11) is 0. The van der Waals surface area contributed by atoms with E-state index in [1.165, 1.54) is 22.3 Å². The second-order valence-electron chi connectivity index (χ2n) is 4.14. The molecule has 85 valence electrons. The number of hydrogen-bond donors (Lipinski definition) is 0. The van der Waals surface area contributed by atoms with Crippen molar-refractivity contribution < 1.29 is 49.2 Å². The summed E-state index contributed by atoms with van der Waals surface area (Å²) in [5.41, 5.74) is 5.90. The second kappa shape index (κ2) is 5.69. The molecule has 1 aromatic carbocycles. The summed E-state index contributed by atoms with van der Waals surface area (Å²) >= 11 is 1.14. The Morgan fingerprint density at radius 2 is 1.88 bits per heavy atom. The molecule has 3 heteroatoms. The summed E-state index contributed by atoms with van der Waals surface area (Å²) in [5.74, 6) is 0.540. The Balaban J connectivity index is 0.000000722. The van der Waals surface area contributed by atoms with E-state index < -0.39 is 0 Å². The number of fused-ring (bicyclic) bond motifs is 3. The molecular weight excluding hydrogens is 418 g/mol. The Morgan fingerprint density at radius 3 is 2.65 bits per heavy atom. The summed E-state index contributed by atoms with van der Waals surface area (Å²) in [4.78, 5) is 0. The van der Waals surface area contributed by atoms with Crippen LogP contribution >= 0.6 is 0 Å². The minimum absolute atomic E-state index is 0. The van der Waals surface area contributed by atoms with Crippen LogP contribution in [0.1, 0.15) is 22.6 Å². The predicted octanol–water partition coefficient (Wildman–Crippen LogP) is -2.52. The first kappa shape index (κ1) is 14.9. The van der Waals surface area contributed by atoms with E-state index in [4.69, 9.17) is 0 Å². The molecule has 0 N–H and O–H groups in total. The van der Waals surface area contributed by atoms with E-state index >= 15 is 0 Å². The third-order valence-electron chi connectivity index (χ3n) is 3.13. The molecule has 0 nitrogen and oxygen atoms in total. The molecule has 0 heterocycles. The van der Waals surface area contributed by atoms with Crippen molar-refractivity contribution in [2.24, 2.45) is 0 Å². The van der Waals surface area contributed by atoms with Crippen molar-refractivity contribution in [2.75, 3.05) is 0 Å². The fourth-order valence-electron chi connectivity index (χ4n) is 2.37. The predicted molar refractivity (Wildman–Crippen MR) is 59.1 cm³/mol. The quantitative estimate of drug-likeness (QED) is 0.401. The smallest absolute Gasteiger partial charge is 1.00 e. The summed E-state index contributed by atoms with van der Waals surface area (Å²) < 4.78 is 1.58. The van der Waals surface area contributed by atoms with Crippen LogP contribution in [0.3, 0.4) is 0 Å². The summed E-state index contributed by atoms with van der Waals surface area (Å²) in [5, 5.41) is 0. The van der Waals surface area contributed by atoms with Gasteiger partial charge in [0, 0.05) is 0 Å². The number of allylic oxidation sites excluding steroid dienone is 5. The molecule has 2 aliphatic rings. The van der Waals surface area contributed by atoms with Crippen LogP contribution in [0, 0.1) is 6.92 Å². The molecule has 0 amide bonds. The van der Waals surface area contributed by atoms with Crippen molar-refractivity contribution in [1.29, 1.82) is 0 Å². The van der Waals surface area contributed by atoms with Crippen molar-refractivity contribution in [3.05, 3.63) is 64.8 Å². The minimum atomic E-state index is 0. The zero-order valence-electron chi connectivity index (χ0n) is 9.37. The van der Waals surface area contributed by atoms with Gasteiger partial charge in [0.2, 0.25) is 0 Å². The average Bonchev–Trinajstić information content (AvgIpc) is 2.54. The number of rotatable bonds is 0. The number of halogens is 2. The molecule has 1 unspecified atom stereocenters. The molecule has 1 atom stereocenters. The molecule has 0 saturated carbocycles. The van der Waals surface area contributed by atoms with E-state index in [0.717, 1.165) is 24.4 Å². The Bertz CT molecular complexity index is 527. The van der Waals surface area contributed by atoms with Crippen LogP contribution in [-0.4, -0.2) is 0 Å². The molecule has 0 aromatic heterocycles. The van der Waals surface area contributed by atoms with E-state index in [9.17, 15) is 0 Å². The van der Waals surface area contributed by atoms with Crippen LogP contribution in [-0.2, 0) is 24.4 Å². The normalized spacial score (nSPS) is 19.4. The van der Waals surface area contributed by atoms with Gasteiger partial charge in [-0.25, -0.2) is 0 Å². The van der Waals surface area contributed by atoms with Gasteiger partial charge in [0.15, 0.2) is 0 Å². The van der Waals surface area contributed by atoms with Gasteiger partial charge in [-0.2, -0.15) is 0 Å². The number of aryl methyl sites for hydroxylation is 1. The number of hydrogen-bond acceptors (Lipinski definition) is 0. The molecule has 0 radical (unpaired) electrons. The molecule has 2 aliphatic carbocycles. The molecular formula is C14H11Cl2Hf. The number of benzene rings is 1. The first-order valence-electron chi connectivity index (χ1n) is 5.19. The maximum absolute atomic E-state index is 2.34. The molecule has 0 bridgehead atoms. The third-order valence-corrected chi connectivity index (χ3v) is 5.13. The van der Waals surface area contributed by atoms with E-state index in [1.807, 2.05) is 0 Å². The SMILES string of the molecule is Cc1ccc2c(c1)[C]([Hf+2])=C1C=CC=CC12.[Cl-].[Cl-]. The van der Waals surface area contributed by atoms with Gasteiger partial charge in [-0.3, -0.25) is 0 Å².